The number of aromatic nitrogens is 4. The summed E-state index contributed by atoms with van der Waals surface area (Å²) in [4.78, 5) is 85.2. The van der Waals surface area contributed by atoms with Crippen molar-refractivity contribution in [1.29, 1.82) is 0 Å². The zero-order valence-electron chi connectivity index (χ0n) is 36.7. The van der Waals surface area contributed by atoms with Gasteiger partial charge in [0.25, 0.3) is 35.0 Å². The van der Waals surface area contributed by atoms with E-state index in [1.807, 2.05) is 30.3 Å². The molecule has 0 saturated carbocycles. The largest absolute Gasteiger partial charge is 0.509 e. The van der Waals surface area contributed by atoms with Crippen LogP contribution in [-0.4, -0.2) is 70.1 Å². The van der Waals surface area contributed by atoms with Crippen LogP contribution in [0.1, 0.15) is 56.0 Å². The number of benzene rings is 4. The molecule has 350 valence electrons. The van der Waals surface area contributed by atoms with Crippen LogP contribution in [0, 0.1) is 20.2 Å². The first-order valence-corrected chi connectivity index (χ1v) is 20.8. The molecule has 2 unspecified atom stereocenters. The molecule has 6 heterocycles. The molecule has 10 rings (SSSR count). The van der Waals surface area contributed by atoms with Crippen LogP contribution in [0.15, 0.2) is 110 Å². The minimum Gasteiger partial charge on any atom is -0.438 e. The fraction of sp³-hybridized carbons (Fsp3) is 0.163. The van der Waals surface area contributed by atoms with Crippen LogP contribution in [0.25, 0.3) is 65.9 Å². The lowest BCUT2D eigenvalue weighted by Crippen LogP contribution is -2.22. The molecule has 20 nitrogen and oxygen atoms in total. The molecule has 0 spiro atoms. The minimum absolute atomic E-state index is 0. The number of aliphatic hydroxyl groups is 1. The van der Waals surface area contributed by atoms with E-state index in [2.05, 4.69) is 15.4 Å². The van der Waals surface area contributed by atoms with Gasteiger partial charge in [0, 0.05) is 107 Å². The van der Waals surface area contributed by atoms with Gasteiger partial charge in [-0.2, -0.15) is 0 Å². The summed E-state index contributed by atoms with van der Waals surface area (Å²) in [5, 5.41) is 40.0. The molecule has 2 atom stereocenters. The number of nitro benzene ring substituents is 2. The van der Waals surface area contributed by atoms with E-state index < -0.39 is 52.1 Å². The molecule has 20 heteroatoms. The molecule has 4 aromatic carbocycles. The number of rotatable bonds is 9. The number of nitrogens with one attached hydrogen (secondary N) is 2. The molecular formula is C49H42N8O12. The number of nitro groups is 2. The molecule has 4 amide bonds. The van der Waals surface area contributed by atoms with E-state index in [9.17, 15) is 49.3 Å². The topological polar surface area (TPSA) is 254 Å². The monoisotopic (exact) mass is 934 g/mol. The zero-order chi connectivity index (χ0) is 48.5. The Kier molecular flexibility index (Phi) is 11.8. The number of para-hydroxylation sites is 2. The summed E-state index contributed by atoms with van der Waals surface area (Å²) in [5.74, 6) is -2.21. The number of nitrogens with zero attached hydrogens (tertiary/aromatic N) is 6. The fourth-order valence-electron chi connectivity index (χ4n) is 8.97. The Bertz CT molecular complexity index is 3620. The van der Waals surface area contributed by atoms with Crippen molar-refractivity contribution in [2.45, 2.75) is 33.7 Å². The molecule has 0 fully saturated rings. The van der Waals surface area contributed by atoms with E-state index in [1.165, 1.54) is 31.4 Å². The molecule has 69 heavy (non-hydrogen) atoms. The molecule has 0 aliphatic carbocycles. The number of methoxy groups -OCH3 is 1. The first-order chi connectivity index (χ1) is 32.5. The number of hydrogen-bond donors (Lipinski definition) is 3. The van der Waals surface area contributed by atoms with Crippen molar-refractivity contribution >= 4 is 107 Å². The van der Waals surface area contributed by atoms with Crippen LogP contribution < -0.4 is 10.6 Å². The zero-order valence-corrected chi connectivity index (χ0v) is 36.7. The second-order valence-corrected chi connectivity index (χ2v) is 16.0. The van der Waals surface area contributed by atoms with Crippen LogP contribution in [0.4, 0.5) is 16.2 Å². The Balaban J connectivity index is 0.000000185. The van der Waals surface area contributed by atoms with Crippen molar-refractivity contribution in [3.05, 3.63) is 152 Å². The molecule has 2 aliphatic rings. The minimum atomic E-state index is -0.861. The van der Waals surface area contributed by atoms with Gasteiger partial charge < -0.3 is 32.8 Å². The number of non-ortho nitro benzene ring substituents is 2. The summed E-state index contributed by atoms with van der Waals surface area (Å²) >= 11 is 0. The van der Waals surface area contributed by atoms with E-state index in [0.29, 0.717) is 55.0 Å². The molecule has 8 aromatic rings. The highest BCUT2D eigenvalue weighted by Gasteiger charge is 2.37. The summed E-state index contributed by atoms with van der Waals surface area (Å²) in [7, 11) is 4.64. The first-order valence-electron chi connectivity index (χ1n) is 20.8. The smallest absolute Gasteiger partial charge is 0.438 e. The third kappa shape index (κ3) is 7.72. The summed E-state index contributed by atoms with van der Waals surface area (Å²) in [5.41, 5.74) is 5.06. The van der Waals surface area contributed by atoms with Gasteiger partial charge >= 0.3 is 6.16 Å². The van der Waals surface area contributed by atoms with Crippen molar-refractivity contribution in [3.8, 4) is 0 Å². The van der Waals surface area contributed by atoms with E-state index in [1.54, 1.807) is 101 Å². The number of carbonyl (C=O) groups excluding carboxylic acids is 5. The highest BCUT2D eigenvalue weighted by Crippen LogP contribution is 2.42. The van der Waals surface area contributed by atoms with E-state index in [-0.39, 0.29) is 41.1 Å². The van der Waals surface area contributed by atoms with Gasteiger partial charge in [-0.15, -0.1) is 0 Å². The van der Waals surface area contributed by atoms with Gasteiger partial charge in [0.1, 0.15) is 6.23 Å². The number of carbonyl (C=O) groups is 5. The van der Waals surface area contributed by atoms with Crippen LogP contribution in [0.5, 0.6) is 0 Å². The van der Waals surface area contributed by atoms with E-state index in [0.717, 1.165) is 10.9 Å². The van der Waals surface area contributed by atoms with Crippen LogP contribution >= 0.6 is 0 Å². The molecular weight excluding hydrogens is 893 g/mol. The first kappa shape index (κ1) is 46.4. The Hall–Kier alpha value is -9.17. The average molecular weight is 935 g/mol. The maximum atomic E-state index is 13.1. The quantitative estimate of drug-likeness (QED) is 0.0546. The van der Waals surface area contributed by atoms with Crippen molar-refractivity contribution < 1.29 is 48.4 Å². The number of hydrogen-bond acceptors (Lipinski definition) is 12. The van der Waals surface area contributed by atoms with Gasteiger partial charge in [-0.1, -0.05) is 43.8 Å². The van der Waals surface area contributed by atoms with Crippen molar-refractivity contribution in [2.24, 2.45) is 14.1 Å². The average Bonchev–Trinajstić information content (AvgIpc) is 4.15. The second kappa shape index (κ2) is 17.6. The summed E-state index contributed by atoms with van der Waals surface area (Å²) in [6, 6.07) is 23.3. The van der Waals surface area contributed by atoms with Crippen molar-refractivity contribution in [2.75, 3.05) is 7.11 Å². The summed E-state index contributed by atoms with van der Waals surface area (Å²) in [6.07, 6.45) is 4.22. The van der Waals surface area contributed by atoms with Gasteiger partial charge in [-0.25, -0.2) is 4.79 Å². The van der Waals surface area contributed by atoms with Gasteiger partial charge in [0.15, 0.2) is 6.23 Å². The molecule has 0 bridgehead atoms. The predicted molar refractivity (Wildman–Crippen MR) is 255 cm³/mol. The van der Waals surface area contributed by atoms with Gasteiger partial charge in [-0.05, 0) is 38.1 Å². The summed E-state index contributed by atoms with van der Waals surface area (Å²) in [6.45, 7) is 3.27. The van der Waals surface area contributed by atoms with Crippen molar-refractivity contribution in [3.63, 3.8) is 0 Å². The number of fused-ring (bicyclic) bond motifs is 4. The standard InChI is InChI=1S/C25H20N4O7.C23H18N4O5.CH4/c1-13(36-25(32)35-3)28-12-18(15-6-4-5-7-19(15)28)22-21(23(30)26-24(22)31)17-11-27(2)20-10-14(29(33)34)8-9-16(17)20;1-12(28)26-11-17(14-5-3-4-6-18(14)26)21-20(22(29)24-23(21)30)16-10-25(2)19-9-13(27(31)32)7-8-15(16)19;/h4-13H,1-3H3,(H,26,30,31);3-12,28H,1-2H3,(H,24,29,30);1H4. The molecule has 3 N–H and O–H groups in total. The third-order valence-electron chi connectivity index (χ3n) is 12.0. The maximum Gasteiger partial charge on any atom is 0.509 e. The molecule has 0 saturated heterocycles. The lowest BCUT2D eigenvalue weighted by molar-refractivity contribution is -0.384. The van der Waals surface area contributed by atoms with Crippen molar-refractivity contribution in [1.82, 2.24) is 28.9 Å². The van der Waals surface area contributed by atoms with Gasteiger partial charge in [0.2, 0.25) is 0 Å². The molecule has 4 aromatic heterocycles. The van der Waals surface area contributed by atoms with Crippen LogP contribution in [-0.2, 0) is 42.7 Å². The molecule has 0 radical (unpaired) electrons. The second-order valence-electron chi connectivity index (χ2n) is 16.0. The Morgan fingerprint density at radius 1 is 0.580 bits per heavy atom. The number of aryl methyl sites for hydroxylation is 2. The normalized spacial score (nSPS) is 14.5. The predicted octanol–water partition coefficient (Wildman–Crippen LogP) is 7.67. The number of aliphatic hydroxyl groups excluding tert-OH is 1. The highest BCUT2D eigenvalue weighted by molar-refractivity contribution is 6.51. The lowest BCUT2D eigenvalue weighted by Gasteiger charge is -2.15. The third-order valence-corrected chi connectivity index (χ3v) is 12.0. The SMILES string of the molecule is C.CC(O)n1cc(C2=C(c3cn(C)c4cc([N+](=O)[O-])ccc34)C(=O)NC2=O)c2ccccc21.COC(=O)OC(C)n1cc(C2=C(c3cn(C)c4cc([N+](=O)[O-])ccc34)C(=O)NC2=O)c2ccccc21. The highest BCUT2D eigenvalue weighted by atomic mass is 16.7. The Morgan fingerprint density at radius 3 is 1.33 bits per heavy atom. The maximum absolute atomic E-state index is 13.1. The Labute approximate surface area is 390 Å². The number of amides is 4. The van der Waals surface area contributed by atoms with Gasteiger partial charge in [-0.3, -0.25) is 50.0 Å². The van der Waals surface area contributed by atoms with E-state index in [4.69, 9.17) is 4.74 Å². The number of imide groups is 2. The molecule has 2 aliphatic heterocycles. The fourth-order valence-corrected chi connectivity index (χ4v) is 8.97. The Morgan fingerprint density at radius 2 is 0.942 bits per heavy atom. The van der Waals surface area contributed by atoms with Crippen LogP contribution in [0.2, 0.25) is 0 Å². The van der Waals surface area contributed by atoms with E-state index >= 15 is 0 Å². The summed E-state index contributed by atoms with van der Waals surface area (Å²) < 4.78 is 16.6. The van der Waals surface area contributed by atoms with Crippen LogP contribution in [0.3, 0.4) is 0 Å². The van der Waals surface area contributed by atoms with Gasteiger partial charge in [0.05, 0.1) is 61.3 Å². The number of ether oxygens (including phenoxy) is 2. The lowest BCUT2D eigenvalue weighted by atomic mass is 9.95.